The Labute approximate surface area is 234 Å². The number of methoxy groups -OCH3 is 1. The molecule has 0 spiro atoms. The molecule has 10 nitrogen and oxygen atoms in total. The average Bonchev–Trinajstić information content (AvgIpc) is 2.62. The molecule has 0 aromatic rings. The van der Waals surface area contributed by atoms with Crippen molar-refractivity contribution in [3.8, 4) is 0 Å². The minimum Gasteiger partial charge on any atom is -0.469 e. The zero-order valence-corrected chi connectivity index (χ0v) is 27.8. The zero-order chi connectivity index (χ0) is 33.1. The first-order chi connectivity index (χ1) is 16.5. The molecule has 15 heteroatoms. The lowest BCUT2D eigenvalue weighted by atomic mass is 9.98. The van der Waals surface area contributed by atoms with Gasteiger partial charge in [0.25, 0.3) is 0 Å². The number of carbonyl (C=O) groups is 2. The molecule has 0 aliphatic heterocycles. The van der Waals surface area contributed by atoms with Crippen molar-refractivity contribution in [2.24, 2.45) is 16.5 Å². The SMILES string of the molecule is CC(C)(C)NC(=O)C(F)(F)F.CC(C)(C)S(N)(=O)=O.CC(C)CNS(=O)(=O)C(C)(C)C.COC(=O)C(C)(C)C. The van der Waals surface area contributed by atoms with Crippen molar-refractivity contribution in [3.05, 3.63) is 0 Å². The number of hydrogen-bond donors (Lipinski definition) is 3. The molecular formula is C24H52F3N3O7S2. The molecule has 0 aromatic heterocycles. The molecule has 0 atom stereocenters. The maximum Gasteiger partial charge on any atom is 0.471 e. The highest BCUT2D eigenvalue weighted by Gasteiger charge is 2.40. The molecular weight excluding hydrogens is 563 g/mol. The number of nitrogens with two attached hydrogens (primary N) is 1. The largest absolute Gasteiger partial charge is 0.471 e. The Kier molecular flexibility index (Phi) is 18.4. The Morgan fingerprint density at radius 3 is 1.23 bits per heavy atom. The van der Waals surface area contributed by atoms with Crippen LogP contribution in [0.2, 0.25) is 0 Å². The summed E-state index contributed by atoms with van der Waals surface area (Å²) in [4.78, 5) is 20.9. The van der Waals surface area contributed by atoms with E-state index in [-0.39, 0.29) is 11.4 Å². The molecule has 4 N–H and O–H groups in total. The lowest BCUT2D eigenvalue weighted by Gasteiger charge is -2.21. The molecule has 0 unspecified atom stereocenters. The first kappa shape index (κ1) is 44.6. The van der Waals surface area contributed by atoms with Crippen LogP contribution in [0.4, 0.5) is 13.2 Å². The number of rotatable bonds is 3. The first-order valence-electron chi connectivity index (χ1n) is 12.0. The van der Waals surface area contributed by atoms with E-state index < -0.39 is 47.2 Å². The summed E-state index contributed by atoms with van der Waals surface area (Å²) in [5.41, 5.74) is -1.19. The van der Waals surface area contributed by atoms with Crippen molar-refractivity contribution >= 4 is 31.9 Å². The van der Waals surface area contributed by atoms with Gasteiger partial charge in [-0.05, 0) is 89.0 Å². The maximum atomic E-state index is 11.6. The smallest absolute Gasteiger partial charge is 0.469 e. The number of halogens is 3. The van der Waals surface area contributed by atoms with Crippen LogP contribution in [0.5, 0.6) is 0 Å². The summed E-state index contributed by atoms with van der Waals surface area (Å²) < 4.78 is 84.0. The summed E-state index contributed by atoms with van der Waals surface area (Å²) in [6, 6.07) is 0. The third kappa shape index (κ3) is 25.3. The van der Waals surface area contributed by atoms with Crippen molar-refractivity contribution < 1.29 is 44.3 Å². The summed E-state index contributed by atoms with van der Waals surface area (Å²) in [5, 5.41) is 6.58. The van der Waals surface area contributed by atoms with E-state index in [0.717, 1.165) is 0 Å². The minimum atomic E-state index is -4.78. The van der Waals surface area contributed by atoms with Crippen LogP contribution < -0.4 is 15.2 Å². The van der Waals surface area contributed by atoms with Crippen molar-refractivity contribution in [1.29, 1.82) is 0 Å². The number of sulfonamides is 2. The van der Waals surface area contributed by atoms with Gasteiger partial charge in [0.15, 0.2) is 0 Å². The fraction of sp³-hybridized carbons (Fsp3) is 0.917. The van der Waals surface area contributed by atoms with E-state index in [1.807, 2.05) is 34.6 Å². The van der Waals surface area contributed by atoms with Crippen LogP contribution in [0.15, 0.2) is 0 Å². The second-order valence-corrected chi connectivity index (χ2v) is 17.8. The molecule has 238 valence electrons. The molecule has 0 aromatic carbocycles. The van der Waals surface area contributed by atoms with Gasteiger partial charge >= 0.3 is 18.1 Å². The maximum absolute atomic E-state index is 11.6. The highest BCUT2D eigenvalue weighted by atomic mass is 32.2. The topological polar surface area (TPSA) is 162 Å². The molecule has 0 saturated heterocycles. The van der Waals surface area contributed by atoms with Crippen LogP contribution in [-0.2, 0) is 34.4 Å². The molecule has 0 heterocycles. The Morgan fingerprint density at radius 1 is 0.795 bits per heavy atom. The summed E-state index contributed by atoms with van der Waals surface area (Å²) in [6.07, 6.45) is -4.78. The second-order valence-electron chi connectivity index (χ2n) is 13.0. The highest BCUT2D eigenvalue weighted by Crippen LogP contribution is 2.16. The zero-order valence-electron chi connectivity index (χ0n) is 26.2. The number of carbonyl (C=O) groups excluding carboxylic acids is 2. The van der Waals surface area contributed by atoms with E-state index in [0.29, 0.717) is 12.5 Å². The summed E-state index contributed by atoms with van der Waals surface area (Å²) in [5.74, 6) is -1.72. The number of hydrogen-bond acceptors (Lipinski definition) is 7. The highest BCUT2D eigenvalue weighted by molar-refractivity contribution is 7.91. The van der Waals surface area contributed by atoms with Gasteiger partial charge in [-0.3, -0.25) is 9.59 Å². The van der Waals surface area contributed by atoms with Gasteiger partial charge in [-0.2, -0.15) is 13.2 Å². The third-order valence-electron chi connectivity index (χ3n) is 3.89. The lowest BCUT2D eigenvalue weighted by molar-refractivity contribution is -0.175. The standard InChI is InChI=1S/C8H19NO2S.C6H10F3NO.C6H12O2.C4H11NO2S/c1-7(2)6-9-12(10,11)8(3,4)5;1-5(2,3)10-4(11)6(7,8)9;1-6(2,3)5(7)8-4;1-4(2,3)8(5,6)7/h7,9H,6H2,1-5H3;1-3H3,(H,10,11);1-4H3;1-3H3,(H2,5,6,7). The Hall–Kier alpha value is -1.45. The van der Waals surface area contributed by atoms with E-state index in [9.17, 15) is 39.6 Å². The number of alkyl halides is 3. The van der Waals surface area contributed by atoms with Crippen molar-refractivity contribution in [1.82, 2.24) is 10.0 Å². The molecule has 0 fully saturated rings. The number of esters is 1. The molecule has 0 radical (unpaired) electrons. The van der Waals surface area contributed by atoms with Gasteiger partial charge in [-0.15, -0.1) is 0 Å². The van der Waals surface area contributed by atoms with Gasteiger partial charge in [-0.25, -0.2) is 26.7 Å². The second kappa shape index (κ2) is 16.1. The monoisotopic (exact) mass is 615 g/mol. The summed E-state index contributed by atoms with van der Waals surface area (Å²) in [6.45, 7) is 24.1. The van der Waals surface area contributed by atoms with Gasteiger partial charge < -0.3 is 10.1 Å². The number of primary sulfonamides is 1. The quantitative estimate of drug-likeness (QED) is 0.403. The third-order valence-corrected chi connectivity index (χ3v) is 7.75. The molecule has 1 amide bonds. The first-order valence-corrected chi connectivity index (χ1v) is 15.0. The van der Waals surface area contributed by atoms with E-state index in [1.54, 1.807) is 46.9 Å². The Balaban J connectivity index is -0.000000213. The van der Waals surface area contributed by atoms with Crippen LogP contribution in [0.25, 0.3) is 0 Å². The molecule has 0 saturated carbocycles. The van der Waals surface area contributed by atoms with Crippen LogP contribution >= 0.6 is 0 Å². The lowest BCUT2D eigenvalue weighted by Crippen LogP contribution is -2.47. The number of nitrogens with one attached hydrogen (secondary N) is 2. The Morgan fingerprint density at radius 2 is 1.13 bits per heavy atom. The van der Waals surface area contributed by atoms with Gasteiger partial charge in [0.05, 0.1) is 22.0 Å². The van der Waals surface area contributed by atoms with Crippen molar-refractivity contribution in [3.63, 3.8) is 0 Å². The predicted molar refractivity (Wildman–Crippen MR) is 150 cm³/mol. The molecule has 39 heavy (non-hydrogen) atoms. The summed E-state index contributed by atoms with van der Waals surface area (Å²) in [7, 11) is -5.09. The molecule has 0 rings (SSSR count). The Bertz CT molecular complexity index is 951. The summed E-state index contributed by atoms with van der Waals surface area (Å²) >= 11 is 0. The van der Waals surface area contributed by atoms with Gasteiger partial charge in [-0.1, -0.05) is 13.8 Å². The van der Waals surface area contributed by atoms with E-state index in [4.69, 9.17) is 5.14 Å². The van der Waals surface area contributed by atoms with Gasteiger partial charge in [0.2, 0.25) is 20.0 Å². The van der Waals surface area contributed by atoms with Crippen LogP contribution in [0.1, 0.15) is 96.9 Å². The van der Waals surface area contributed by atoms with Crippen LogP contribution in [-0.4, -0.2) is 63.6 Å². The van der Waals surface area contributed by atoms with E-state index in [2.05, 4.69) is 9.46 Å². The van der Waals surface area contributed by atoms with Crippen LogP contribution in [0, 0.1) is 11.3 Å². The molecule has 0 aliphatic rings. The fourth-order valence-electron chi connectivity index (χ4n) is 1.21. The number of ether oxygens (including phenoxy) is 1. The van der Waals surface area contributed by atoms with Gasteiger partial charge in [0.1, 0.15) is 0 Å². The van der Waals surface area contributed by atoms with Crippen molar-refractivity contribution in [2.45, 2.75) is 118 Å². The van der Waals surface area contributed by atoms with Crippen molar-refractivity contribution in [2.75, 3.05) is 13.7 Å². The average molecular weight is 616 g/mol. The predicted octanol–water partition coefficient (Wildman–Crippen LogP) is 4.10. The fourth-order valence-corrected chi connectivity index (χ4v) is 2.20. The molecule has 0 bridgehead atoms. The van der Waals surface area contributed by atoms with Gasteiger partial charge in [0, 0.05) is 12.1 Å². The number of amides is 1. The van der Waals surface area contributed by atoms with E-state index in [1.165, 1.54) is 27.9 Å². The van der Waals surface area contributed by atoms with Crippen LogP contribution in [0.3, 0.4) is 0 Å². The minimum absolute atomic E-state index is 0.169. The molecule has 0 aliphatic carbocycles. The normalized spacial score (nSPS) is 13.0. The van der Waals surface area contributed by atoms with E-state index >= 15 is 0 Å².